The fourth-order valence-corrected chi connectivity index (χ4v) is 2.65. The van der Waals surface area contributed by atoms with Crippen LogP contribution in [0.2, 0.25) is 0 Å². The first-order valence-electron chi connectivity index (χ1n) is 6.60. The maximum atomic E-state index is 12.3. The fourth-order valence-electron chi connectivity index (χ4n) is 2.65. The number of rotatable bonds is 5. The second-order valence-corrected chi connectivity index (χ2v) is 5.58. The molecule has 1 aliphatic rings. The van der Waals surface area contributed by atoms with E-state index in [1.807, 2.05) is 11.9 Å². The summed E-state index contributed by atoms with van der Waals surface area (Å²) in [6.45, 7) is 6.51. The summed E-state index contributed by atoms with van der Waals surface area (Å²) in [5.41, 5.74) is 4.92. The molecule has 3 unspecified atom stereocenters. The molecule has 6 heteroatoms. The lowest BCUT2D eigenvalue weighted by molar-refractivity contribution is -0.138. The van der Waals surface area contributed by atoms with Crippen LogP contribution >= 0.6 is 0 Å². The molecule has 19 heavy (non-hydrogen) atoms. The molecule has 0 aromatic carbocycles. The van der Waals surface area contributed by atoms with E-state index in [1.54, 1.807) is 0 Å². The van der Waals surface area contributed by atoms with Gasteiger partial charge in [0.1, 0.15) is 0 Å². The fraction of sp³-hybridized carbons (Fsp3) is 0.769. The van der Waals surface area contributed by atoms with Crippen molar-refractivity contribution in [2.24, 2.45) is 17.6 Å². The van der Waals surface area contributed by atoms with Crippen LogP contribution in [0.1, 0.15) is 27.2 Å². The molecule has 1 saturated heterocycles. The molecule has 6 nitrogen and oxygen atoms in total. The third-order valence-electron chi connectivity index (χ3n) is 3.82. The van der Waals surface area contributed by atoms with Gasteiger partial charge in [-0.15, -0.1) is 0 Å². The van der Waals surface area contributed by atoms with Crippen LogP contribution in [-0.2, 0) is 14.4 Å². The predicted octanol–water partition coefficient (Wildman–Crippen LogP) is -0.478. The highest BCUT2D eigenvalue weighted by molar-refractivity contribution is 6.37. The minimum atomic E-state index is -1.02. The highest BCUT2D eigenvalue weighted by Gasteiger charge is 2.39. The summed E-state index contributed by atoms with van der Waals surface area (Å²) in [4.78, 5) is 36.4. The van der Waals surface area contributed by atoms with E-state index >= 15 is 0 Å². The Kier molecular flexibility index (Phi) is 5.05. The SMILES string of the molecule is CC(NC(=O)C1C(C(C)C)CCN1C)C(=O)C(N)=O. The van der Waals surface area contributed by atoms with E-state index in [0.717, 1.165) is 13.0 Å². The Hall–Kier alpha value is -1.43. The van der Waals surface area contributed by atoms with Crippen LogP contribution in [0.5, 0.6) is 0 Å². The lowest BCUT2D eigenvalue weighted by Gasteiger charge is -2.27. The van der Waals surface area contributed by atoms with Gasteiger partial charge in [-0.1, -0.05) is 13.8 Å². The highest BCUT2D eigenvalue weighted by Crippen LogP contribution is 2.29. The first kappa shape index (κ1) is 15.6. The van der Waals surface area contributed by atoms with E-state index in [-0.39, 0.29) is 17.9 Å². The number of primary amides is 1. The Morgan fingerprint density at radius 3 is 2.32 bits per heavy atom. The van der Waals surface area contributed by atoms with E-state index < -0.39 is 17.7 Å². The van der Waals surface area contributed by atoms with E-state index in [2.05, 4.69) is 19.2 Å². The lowest BCUT2D eigenvalue weighted by atomic mass is 9.88. The minimum Gasteiger partial charge on any atom is -0.363 e. The zero-order valence-corrected chi connectivity index (χ0v) is 12.0. The zero-order chi connectivity index (χ0) is 14.7. The summed E-state index contributed by atoms with van der Waals surface area (Å²) in [6.07, 6.45) is 0.963. The molecule has 1 rings (SSSR count). The third kappa shape index (κ3) is 3.53. The van der Waals surface area contributed by atoms with Gasteiger partial charge in [-0.25, -0.2) is 0 Å². The summed E-state index contributed by atoms with van der Waals surface area (Å²) >= 11 is 0. The predicted molar refractivity (Wildman–Crippen MR) is 71.2 cm³/mol. The number of carbonyl (C=O) groups excluding carboxylic acids is 3. The Morgan fingerprint density at radius 2 is 1.84 bits per heavy atom. The molecule has 3 N–H and O–H groups in total. The number of hydrogen-bond acceptors (Lipinski definition) is 4. The molecule has 0 aromatic rings. The van der Waals surface area contributed by atoms with Crippen molar-refractivity contribution in [3.63, 3.8) is 0 Å². The van der Waals surface area contributed by atoms with Crippen LogP contribution in [0.25, 0.3) is 0 Å². The summed E-state index contributed by atoms with van der Waals surface area (Å²) < 4.78 is 0. The van der Waals surface area contributed by atoms with E-state index in [9.17, 15) is 14.4 Å². The number of nitrogens with one attached hydrogen (secondary N) is 1. The van der Waals surface area contributed by atoms with Gasteiger partial charge in [-0.2, -0.15) is 0 Å². The molecule has 2 amide bonds. The molecule has 1 aliphatic heterocycles. The maximum absolute atomic E-state index is 12.3. The van der Waals surface area contributed by atoms with Gasteiger partial charge in [0.05, 0.1) is 12.1 Å². The molecule has 1 heterocycles. The average Bonchev–Trinajstić information content (AvgIpc) is 2.69. The van der Waals surface area contributed by atoms with Crippen molar-refractivity contribution < 1.29 is 14.4 Å². The van der Waals surface area contributed by atoms with Gasteiger partial charge in [0.2, 0.25) is 11.7 Å². The topological polar surface area (TPSA) is 92.5 Å². The van der Waals surface area contributed by atoms with Gasteiger partial charge in [-0.3, -0.25) is 19.3 Å². The molecule has 0 aromatic heterocycles. The lowest BCUT2D eigenvalue weighted by Crippen LogP contribution is -2.52. The molecule has 3 atom stereocenters. The molecule has 0 saturated carbocycles. The summed E-state index contributed by atoms with van der Waals surface area (Å²) in [5, 5.41) is 2.59. The summed E-state index contributed by atoms with van der Waals surface area (Å²) in [5.74, 6) is -1.34. The Morgan fingerprint density at radius 1 is 1.26 bits per heavy atom. The van der Waals surface area contributed by atoms with Crippen molar-refractivity contribution in [2.75, 3.05) is 13.6 Å². The van der Waals surface area contributed by atoms with Gasteiger partial charge in [-0.05, 0) is 38.8 Å². The number of nitrogens with two attached hydrogens (primary N) is 1. The standard InChI is InChI=1S/C13H23N3O3/c1-7(2)9-5-6-16(4)10(9)13(19)15-8(3)11(17)12(14)18/h7-10H,5-6H2,1-4H3,(H2,14,18)(H,15,19). The van der Waals surface area contributed by atoms with Gasteiger partial charge in [0, 0.05) is 0 Å². The summed E-state index contributed by atoms with van der Waals surface area (Å²) in [6, 6.07) is -1.12. The van der Waals surface area contributed by atoms with Gasteiger partial charge < -0.3 is 11.1 Å². The second-order valence-electron chi connectivity index (χ2n) is 5.58. The Labute approximate surface area is 113 Å². The number of carbonyl (C=O) groups is 3. The van der Waals surface area contributed by atoms with E-state index in [0.29, 0.717) is 5.92 Å². The Balaban J connectivity index is 2.71. The Bertz CT molecular complexity index is 381. The second kappa shape index (κ2) is 6.14. The van der Waals surface area contributed by atoms with Crippen LogP contribution < -0.4 is 11.1 Å². The highest BCUT2D eigenvalue weighted by atomic mass is 16.2. The van der Waals surface area contributed by atoms with Crippen LogP contribution in [0.4, 0.5) is 0 Å². The van der Waals surface area contributed by atoms with Gasteiger partial charge >= 0.3 is 0 Å². The van der Waals surface area contributed by atoms with Gasteiger partial charge in [0.15, 0.2) is 0 Å². The largest absolute Gasteiger partial charge is 0.363 e. The molecule has 0 spiro atoms. The number of nitrogens with zero attached hydrogens (tertiary/aromatic N) is 1. The van der Waals surface area contributed by atoms with Crippen molar-refractivity contribution in [3.05, 3.63) is 0 Å². The number of likely N-dealkylation sites (N-methyl/N-ethyl adjacent to an activating group) is 1. The van der Waals surface area contributed by atoms with Crippen LogP contribution in [0.3, 0.4) is 0 Å². The molecule has 1 fully saturated rings. The maximum Gasteiger partial charge on any atom is 0.287 e. The number of Topliss-reactive ketones (excluding diaryl/α,β-unsaturated/α-hetero) is 1. The zero-order valence-electron chi connectivity index (χ0n) is 12.0. The van der Waals surface area contributed by atoms with Crippen molar-refractivity contribution in [3.8, 4) is 0 Å². The molecular formula is C13H23N3O3. The van der Waals surface area contributed by atoms with Gasteiger partial charge in [0.25, 0.3) is 5.91 Å². The third-order valence-corrected chi connectivity index (χ3v) is 3.82. The summed E-state index contributed by atoms with van der Waals surface area (Å²) in [7, 11) is 1.90. The van der Waals surface area contributed by atoms with Crippen molar-refractivity contribution >= 4 is 17.6 Å². The smallest absolute Gasteiger partial charge is 0.287 e. The molecule has 0 aliphatic carbocycles. The minimum absolute atomic E-state index is 0.208. The van der Waals surface area contributed by atoms with E-state index in [1.165, 1.54) is 6.92 Å². The van der Waals surface area contributed by atoms with Crippen molar-refractivity contribution in [1.29, 1.82) is 0 Å². The van der Waals surface area contributed by atoms with Crippen LogP contribution in [0.15, 0.2) is 0 Å². The number of likely N-dealkylation sites (tertiary alicyclic amines) is 1. The quantitative estimate of drug-likeness (QED) is 0.659. The molecule has 0 radical (unpaired) electrons. The van der Waals surface area contributed by atoms with Crippen molar-refractivity contribution in [2.45, 2.75) is 39.3 Å². The normalized spacial score (nSPS) is 25.3. The number of hydrogen-bond donors (Lipinski definition) is 2. The van der Waals surface area contributed by atoms with Crippen LogP contribution in [0, 0.1) is 11.8 Å². The molecule has 0 bridgehead atoms. The molecular weight excluding hydrogens is 246 g/mol. The average molecular weight is 269 g/mol. The van der Waals surface area contributed by atoms with Crippen LogP contribution in [-0.4, -0.2) is 48.2 Å². The first-order valence-corrected chi connectivity index (χ1v) is 6.60. The van der Waals surface area contributed by atoms with Crippen molar-refractivity contribution in [1.82, 2.24) is 10.2 Å². The molecule has 108 valence electrons. The monoisotopic (exact) mass is 269 g/mol. The first-order chi connectivity index (χ1) is 8.75. The van der Waals surface area contributed by atoms with E-state index in [4.69, 9.17) is 5.73 Å². The number of ketones is 1. The number of amides is 2.